The first-order valence-electron chi connectivity index (χ1n) is 11.1. The molecule has 1 atom stereocenters. The normalized spacial score (nSPS) is 15.2. The van der Waals surface area contributed by atoms with E-state index in [0.717, 1.165) is 22.8 Å². The van der Waals surface area contributed by atoms with Crippen LogP contribution in [0.1, 0.15) is 38.8 Å². The number of amides is 2. The monoisotopic (exact) mass is 504 g/mol. The van der Waals surface area contributed by atoms with Gasteiger partial charge < -0.3 is 4.72 Å². The topological polar surface area (TPSA) is 66.5 Å². The Morgan fingerprint density at radius 3 is 2.17 bits per heavy atom. The van der Waals surface area contributed by atoms with E-state index < -0.39 is 27.4 Å². The maximum Gasteiger partial charge on any atom is 0.270 e. The fourth-order valence-corrected chi connectivity index (χ4v) is 5.60. The van der Waals surface area contributed by atoms with Crippen LogP contribution in [0.2, 0.25) is 0 Å². The summed E-state index contributed by atoms with van der Waals surface area (Å²) in [7, 11) is -3.05. The Morgan fingerprint density at radius 1 is 0.889 bits per heavy atom. The van der Waals surface area contributed by atoms with Crippen molar-refractivity contribution in [2.75, 3.05) is 9.62 Å². The maximum atomic E-state index is 13.5. The number of rotatable bonds is 5. The smallest absolute Gasteiger partial charge is 0.270 e. The Kier molecular flexibility index (Phi) is 5.44. The van der Waals surface area contributed by atoms with Crippen LogP contribution in [0.5, 0.6) is 0 Å². The number of hydrogen-bond donors (Lipinski definition) is 1. The Balaban J connectivity index is 1.44. The first kappa shape index (κ1) is 23.7. The van der Waals surface area contributed by atoms with Crippen LogP contribution >= 0.6 is 0 Å². The number of imide groups is 1. The summed E-state index contributed by atoms with van der Waals surface area (Å²) < 4.78 is 43.0. The van der Waals surface area contributed by atoms with Crippen LogP contribution < -0.4 is 9.62 Å². The van der Waals surface area contributed by atoms with Crippen molar-refractivity contribution in [3.8, 4) is 0 Å². The molecule has 0 saturated heterocycles. The summed E-state index contributed by atoms with van der Waals surface area (Å²) in [5.41, 5.74) is 2.35. The van der Waals surface area contributed by atoms with Crippen molar-refractivity contribution in [2.45, 2.75) is 24.7 Å². The van der Waals surface area contributed by atoms with Crippen LogP contribution in [0.25, 0.3) is 10.8 Å². The van der Waals surface area contributed by atoms with Crippen molar-refractivity contribution < 1.29 is 22.6 Å². The highest BCUT2D eigenvalue weighted by atomic mass is 32.2. The molecule has 4 aromatic carbocycles. The molecule has 4 aromatic rings. The van der Waals surface area contributed by atoms with Gasteiger partial charge in [-0.15, -0.1) is 0 Å². The summed E-state index contributed by atoms with van der Waals surface area (Å²) in [6.45, 7) is 2.70. The van der Waals surface area contributed by atoms with Gasteiger partial charge in [0.25, 0.3) is 17.7 Å². The van der Waals surface area contributed by atoms with Crippen molar-refractivity contribution in [3.63, 3.8) is 0 Å². The number of benzene rings is 4. The molecule has 0 aliphatic carbocycles. The fourth-order valence-electron chi connectivity index (χ4n) is 4.39. The third-order valence-corrected chi connectivity index (χ3v) is 7.74. The number of aryl methyl sites for hydroxylation is 1. The minimum atomic E-state index is -3.05. The Morgan fingerprint density at radius 2 is 1.53 bits per heavy atom. The predicted octanol–water partition coefficient (Wildman–Crippen LogP) is 6.16. The van der Waals surface area contributed by atoms with Crippen LogP contribution in [-0.4, -0.2) is 21.9 Å². The Bertz CT molecular complexity index is 1640. The van der Waals surface area contributed by atoms with Crippen molar-refractivity contribution in [1.82, 2.24) is 0 Å². The van der Waals surface area contributed by atoms with Crippen molar-refractivity contribution >= 4 is 49.5 Å². The molecule has 8 heteroatoms. The van der Waals surface area contributed by atoms with E-state index >= 15 is 0 Å². The minimum absolute atomic E-state index is 0.156. The number of alkyl halides is 2. The van der Waals surface area contributed by atoms with Crippen molar-refractivity contribution in [2.24, 2.45) is 0 Å². The molecule has 182 valence electrons. The highest BCUT2D eigenvalue weighted by molar-refractivity contribution is 8.01. The molecular weight excluding hydrogens is 482 g/mol. The first-order valence-corrected chi connectivity index (χ1v) is 12.8. The molecule has 0 spiro atoms. The second-order valence-corrected chi connectivity index (χ2v) is 10.9. The first-order chi connectivity index (χ1) is 17.0. The molecule has 0 radical (unpaired) electrons. The molecule has 1 aliphatic rings. The molecule has 1 heterocycles. The van der Waals surface area contributed by atoms with Crippen LogP contribution in [-0.2, 0) is 15.6 Å². The van der Waals surface area contributed by atoms with E-state index in [4.69, 9.17) is 0 Å². The summed E-state index contributed by atoms with van der Waals surface area (Å²) >= 11 is 0. The van der Waals surface area contributed by atoms with Gasteiger partial charge in [0.15, 0.2) is 0 Å². The zero-order valence-electron chi connectivity index (χ0n) is 19.5. The second-order valence-electron chi connectivity index (χ2n) is 8.90. The molecule has 2 amide bonds. The molecule has 1 aliphatic heterocycles. The molecule has 1 N–H and O–H groups in total. The standard InChI is InChI=1S/C28H22F2N2O3S/c1-17-15-18-5-4-6-23-25(18)24(16-17)27(34)32(26(23)33)21-11-13-22(14-12-21)36(3,35)31-20-9-7-19(8-10-20)28(2,29)30/h4-16H,3H2,1-2H3,(H,31,35). The summed E-state index contributed by atoms with van der Waals surface area (Å²) in [6.07, 6.45) is 0. The molecule has 36 heavy (non-hydrogen) atoms. The highest BCUT2D eigenvalue weighted by Crippen LogP contribution is 2.34. The van der Waals surface area contributed by atoms with E-state index in [1.165, 1.54) is 36.4 Å². The van der Waals surface area contributed by atoms with Crippen LogP contribution in [0.15, 0.2) is 83.8 Å². The Labute approximate surface area is 207 Å². The van der Waals surface area contributed by atoms with Gasteiger partial charge in [0, 0.05) is 39.6 Å². The number of hydrogen-bond acceptors (Lipinski definition) is 3. The van der Waals surface area contributed by atoms with Gasteiger partial charge in [0.05, 0.1) is 15.4 Å². The molecule has 0 bridgehead atoms. The van der Waals surface area contributed by atoms with E-state index in [1.54, 1.807) is 30.3 Å². The third-order valence-electron chi connectivity index (χ3n) is 6.14. The highest BCUT2D eigenvalue weighted by Gasteiger charge is 2.34. The van der Waals surface area contributed by atoms with Crippen LogP contribution in [0.4, 0.5) is 20.2 Å². The molecule has 0 aromatic heterocycles. The summed E-state index contributed by atoms with van der Waals surface area (Å²) in [5, 5.41) is 1.47. The van der Waals surface area contributed by atoms with Crippen LogP contribution in [0.3, 0.4) is 0 Å². The molecule has 5 nitrogen and oxygen atoms in total. The number of carbonyl (C=O) groups is 2. The molecule has 1 unspecified atom stereocenters. The van der Waals surface area contributed by atoms with E-state index in [-0.39, 0.29) is 5.56 Å². The van der Waals surface area contributed by atoms with Gasteiger partial charge in [-0.05, 0) is 72.3 Å². The summed E-state index contributed by atoms with van der Waals surface area (Å²) in [4.78, 5) is 28.1. The predicted molar refractivity (Wildman–Crippen MR) is 139 cm³/mol. The van der Waals surface area contributed by atoms with E-state index in [1.807, 2.05) is 19.1 Å². The van der Waals surface area contributed by atoms with Gasteiger partial charge in [0.2, 0.25) is 0 Å². The number of anilines is 2. The SMILES string of the molecule is C=S(=O)(Nc1ccc(C(C)(F)F)cc1)c1ccc(N2C(=O)c3cccc4cc(C)cc(c34)C2=O)cc1. The fraction of sp³-hybridized carbons (Fsp3) is 0.107. The third kappa shape index (κ3) is 4.03. The van der Waals surface area contributed by atoms with Gasteiger partial charge in [-0.3, -0.25) is 9.59 Å². The van der Waals surface area contributed by atoms with Gasteiger partial charge >= 0.3 is 0 Å². The lowest BCUT2D eigenvalue weighted by Crippen LogP contribution is -2.40. The number of halogens is 2. The van der Waals surface area contributed by atoms with Gasteiger partial charge in [-0.1, -0.05) is 30.3 Å². The minimum Gasteiger partial charge on any atom is -0.309 e. The van der Waals surface area contributed by atoms with E-state index in [2.05, 4.69) is 10.6 Å². The molecule has 0 fully saturated rings. The largest absolute Gasteiger partial charge is 0.309 e. The van der Waals surface area contributed by atoms with Gasteiger partial charge in [-0.25, -0.2) is 17.9 Å². The van der Waals surface area contributed by atoms with Crippen molar-refractivity contribution in [3.05, 3.63) is 101 Å². The summed E-state index contributed by atoms with van der Waals surface area (Å²) in [6, 6.07) is 20.5. The molecule has 0 saturated carbocycles. The second kappa shape index (κ2) is 8.27. The zero-order valence-corrected chi connectivity index (χ0v) is 20.4. The number of nitrogens with zero attached hydrogens (tertiary/aromatic N) is 1. The maximum absolute atomic E-state index is 13.5. The lowest BCUT2D eigenvalue weighted by molar-refractivity contribution is 0.0175. The van der Waals surface area contributed by atoms with Crippen LogP contribution in [0, 0.1) is 6.92 Å². The Hall–Kier alpha value is -4.04. The van der Waals surface area contributed by atoms with E-state index in [0.29, 0.717) is 32.8 Å². The van der Waals surface area contributed by atoms with Gasteiger partial charge in [-0.2, -0.15) is 0 Å². The van der Waals surface area contributed by atoms with Gasteiger partial charge in [0.1, 0.15) is 0 Å². The quantitative estimate of drug-likeness (QED) is 0.261. The summed E-state index contributed by atoms with van der Waals surface area (Å²) in [5.74, 6) is -0.0762. The average molecular weight is 505 g/mol. The van der Waals surface area contributed by atoms with Crippen molar-refractivity contribution in [1.29, 1.82) is 0 Å². The zero-order chi connectivity index (χ0) is 25.8. The lowest BCUT2D eigenvalue weighted by atomic mass is 9.92. The molecular formula is C28H22F2N2O3S. The molecule has 5 rings (SSSR count). The van der Waals surface area contributed by atoms with E-state index in [9.17, 15) is 22.6 Å². The number of nitrogens with one attached hydrogen (secondary N) is 1. The lowest BCUT2D eigenvalue weighted by Gasteiger charge is -2.27. The average Bonchev–Trinajstić information content (AvgIpc) is 2.82. The number of carbonyl (C=O) groups excluding carboxylic acids is 2.